The van der Waals surface area contributed by atoms with Gasteiger partial charge < -0.3 is 11.1 Å². The summed E-state index contributed by atoms with van der Waals surface area (Å²) in [7, 11) is -3.72. The molecule has 0 aliphatic heterocycles. The third-order valence-corrected chi connectivity index (χ3v) is 4.07. The summed E-state index contributed by atoms with van der Waals surface area (Å²) < 4.78 is 26.9. The van der Waals surface area contributed by atoms with Crippen molar-refractivity contribution in [3.05, 3.63) is 48.5 Å². The van der Waals surface area contributed by atoms with E-state index in [1.54, 1.807) is 24.3 Å². The average molecular weight is 305 g/mol. The first kappa shape index (κ1) is 14.9. The molecular formula is C14H15N3O3S. The average Bonchev–Trinajstić information content (AvgIpc) is 2.41. The van der Waals surface area contributed by atoms with Gasteiger partial charge in [0.2, 0.25) is 5.91 Å². The van der Waals surface area contributed by atoms with Crippen molar-refractivity contribution in [1.29, 1.82) is 0 Å². The fourth-order valence-electron chi connectivity index (χ4n) is 1.71. The predicted octanol–water partition coefficient (Wildman–Crippen LogP) is 2.03. The SMILES string of the molecule is CC(=O)Nc1ccc(S(=O)(=O)Nc2ccccc2N)cc1. The zero-order valence-electron chi connectivity index (χ0n) is 11.3. The molecule has 0 aliphatic rings. The van der Waals surface area contributed by atoms with E-state index in [1.165, 1.54) is 31.2 Å². The van der Waals surface area contributed by atoms with E-state index >= 15 is 0 Å². The van der Waals surface area contributed by atoms with Gasteiger partial charge in [0.25, 0.3) is 10.0 Å². The molecule has 0 aromatic heterocycles. The van der Waals surface area contributed by atoms with Crippen molar-refractivity contribution in [3.8, 4) is 0 Å². The van der Waals surface area contributed by atoms with Crippen molar-refractivity contribution in [1.82, 2.24) is 0 Å². The molecule has 0 fully saturated rings. The number of anilines is 3. The van der Waals surface area contributed by atoms with Crippen LogP contribution in [0.4, 0.5) is 17.1 Å². The lowest BCUT2D eigenvalue weighted by Gasteiger charge is -2.10. The first-order chi connectivity index (χ1) is 9.88. The predicted molar refractivity (Wildman–Crippen MR) is 82.4 cm³/mol. The number of nitrogens with one attached hydrogen (secondary N) is 2. The molecule has 110 valence electrons. The highest BCUT2D eigenvalue weighted by Gasteiger charge is 2.15. The maximum absolute atomic E-state index is 12.2. The number of hydrogen-bond acceptors (Lipinski definition) is 4. The van der Waals surface area contributed by atoms with Crippen LogP contribution in [0.2, 0.25) is 0 Å². The Morgan fingerprint density at radius 3 is 2.24 bits per heavy atom. The largest absolute Gasteiger partial charge is 0.397 e. The number of carbonyl (C=O) groups is 1. The fraction of sp³-hybridized carbons (Fsp3) is 0.0714. The van der Waals surface area contributed by atoms with Crippen LogP contribution in [-0.4, -0.2) is 14.3 Å². The number of carbonyl (C=O) groups excluding carboxylic acids is 1. The second-order valence-electron chi connectivity index (χ2n) is 4.40. The van der Waals surface area contributed by atoms with Crippen molar-refractivity contribution >= 4 is 33.0 Å². The Labute approximate surface area is 123 Å². The Balaban J connectivity index is 2.24. The Kier molecular flexibility index (Phi) is 4.13. The first-order valence-corrected chi connectivity index (χ1v) is 7.62. The lowest BCUT2D eigenvalue weighted by atomic mass is 10.3. The molecule has 4 N–H and O–H groups in total. The van der Waals surface area contributed by atoms with E-state index in [-0.39, 0.29) is 10.8 Å². The van der Waals surface area contributed by atoms with Gasteiger partial charge in [-0.3, -0.25) is 9.52 Å². The van der Waals surface area contributed by atoms with E-state index < -0.39 is 10.0 Å². The molecule has 0 aliphatic carbocycles. The summed E-state index contributed by atoms with van der Waals surface area (Å²) in [6, 6.07) is 12.5. The van der Waals surface area contributed by atoms with Crippen LogP contribution < -0.4 is 15.8 Å². The summed E-state index contributed by atoms with van der Waals surface area (Å²) in [6.45, 7) is 1.38. The van der Waals surface area contributed by atoms with Crippen LogP contribution in [0.3, 0.4) is 0 Å². The molecule has 0 heterocycles. The minimum Gasteiger partial charge on any atom is -0.397 e. The van der Waals surface area contributed by atoms with Crippen molar-refractivity contribution < 1.29 is 13.2 Å². The number of amides is 1. The molecule has 2 aromatic rings. The number of rotatable bonds is 4. The molecule has 6 nitrogen and oxygen atoms in total. The molecule has 0 unspecified atom stereocenters. The highest BCUT2D eigenvalue weighted by atomic mass is 32.2. The normalized spacial score (nSPS) is 10.9. The summed E-state index contributed by atoms with van der Waals surface area (Å²) in [4.78, 5) is 11.0. The molecule has 1 amide bonds. The molecule has 0 spiro atoms. The van der Waals surface area contributed by atoms with E-state index in [0.717, 1.165) is 0 Å². The molecule has 0 saturated carbocycles. The Hall–Kier alpha value is -2.54. The molecule has 2 aromatic carbocycles. The second kappa shape index (κ2) is 5.84. The van der Waals surface area contributed by atoms with Crippen LogP contribution in [0.15, 0.2) is 53.4 Å². The van der Waals surface area contributed by atoms with Gasteiger partial charge in [-0.2, -0.15) is 0 Å². The first-order valence-electron chi connectivity index (χ1n) is 6.13. The third-order valence-electron chi connectivity index (χ3n) is 2.69. The zero-order chi connectivity index (χ0) is 15.5. The number of sulfonamides is 1. The fourth-order valence-corrected chi connectivity index (χ4v) is 2.80. The van der Waals surface area contributed by atoms with Gasteiger partial charge in [0.15, 0.2) is 0 Å². The number of nitrogens with two attached hydrogens (primary N) is 1. The lowest BCUT2D eigenvalue weighted by molar-refractivity contribution is -0.114. The van der Waals surface area contributed by atoms with Gasteiger partial charge in [-0.25, -0.2) is 8.42 Å². The summed E-state index contributed by atoms with van der Waals surface area (Å²) in [5, 5.41) is 2.57. The van der Waals surface area contributed by atoms with Gasteiger partial charge >= 0.3 is 0 Å². The lowest BCUT2D eigenvalue weighted by Crippen LogP contribution is -2.14. The highest BCUT2D eigenvalue weighted by molar-refractivity contribution is 7.92. The van der Waals surface area contributed by atoms with Gasteiger partial charge in [0.1, 0.15) is 0 Å². The summed E-state index contributed by atoms with van der Waals surface area (Å²) in [5.74, 6) is -0.221. The standard InChI is InChI=1S/C14H15N3O3S/c1-10(18)16-11-6-8-12(9-7-11)21(19,20)17-14-5-3-2-4-13(14)15/h2-9,17H,15H2,1H3,(H,16,18). The van der Waals surface area contributed by atoms with Gasteiger partial charge in [-0.05, 0) is 36.4 Å². The Morgan fingerprint density at radius 2 is 1.67 bits per heavy atom. The molecule has 21 heavy (non-hydrogen) atoms. The summed E-state index contributed by atoms with van der Waals surface area (Å²) >= 11 is 0. The minimum absolute atomic E-state index is 0.0832. The molecule has 7 heteroatoms. The quantitative estimate of drug-likeness (QED) is 0.752. The maximum Gasteiger partial charge on any atom is 0.261 e. The van der Waals surface area contributed by atoms with Crippen molar-refractivity contribution in [2.24, 2.45) is 0 Å². The number of para-hydroxylation sites is 2. The van der Waals surface area contributed by atoms with E-state index in [0.29, 0.717) is 17.1 Å². The Morgan fingerprint density at radius 1 is 1.05 bits per heavy atom. The summed E-state index contributed by atoms with van der Waals surface area (Å²) in [6.07, 6.45) is 0. The third kappa shape index (κ3) is 3.73. The van der Waals surface area contributed by atoms with Crippen molar-refractivity contribution in [2.75, 3.05) is 15.8 Å². The molecule has 0 atom stereocenters. The highest BCUT2D eigenvalue weighted by Crippen LogP contribution is 2.22. The van der Waals surface area contributed by atoms with Crippen LogP contribution >= 0.6 is 0 Å². The number of nitrogen functional groups attached to an aromatic ring is 1. The van der Waals surface area contributed by atoms with E-state index in [2.05, 4.69) is 10.0 Å². The monoisotopic (exact) mass is 305 g/mol. The van der Waals surface area contributed by atoms with Crippen molar-refractivity contribution in [3.63, 3.8) is 0 Å². The van der Waals surface area contributed by atoms with Gasteiger partial charge in [0, 0.05) is 12.6 Å². The van der Waals surface area contributed by atoms with Crippen LogP contribution in [0.1, 0.15) is 6.92 Å². The number of benzene rings is 2. The molecule has 0 bridgehead atoms. The summed E-state index contributed by atoms with van der Waals surface area (Å²) in [5.41, 5.74) is 6.90. The topological polar surface area (TPSA) is 101 Å². The van der Waals surface area contributed by atoms with E-state index in [4.69, 9.17) is 5.73 Å². The molecule has 0 radical (unpaired) electrons. The van der Waals surface area contributed by atoms with Crippen LogP contribution in [0.25, 0.3) is 0 Å². The van der Waals surface area contributed by atoms with Gasteiger partial charge in [0.05, 0.1) is 16.3 Å². The van der Waals surface area contributed by atoms with E-state index in [1.807, 2.05) is 0 Å². The van der Waals surface area contributed by atoms with E-state index in [9.17, 15) is 13.2 Å². The van der Waals surface area contributed by atoms with Gasteiger partial charge in [-0.1, -0.05) is 12.1 Å². The van der Waals surface area contributed by atoms with Crippen LogP contribution in [0.5, 0.6) is 0 Å². The van der Waals surface area contributed by atoms with Crippen molar-refractivity contribution in [2.45, 2.75) is 11.8 Å². The zero-order valence-corrected chi connectivity index (χ0v) is 12.1. The smallest absolute Gasteiger partial charge is 0.261 e. The maximum atomic E-state index is 12.2. The number of hydrogen-bond donors (Lipinski definition) is 3. The Bertz CT molecular complexity index is 755. The molecule has 2 rings (SSSR count). The molecule has 0 saturated heterocycles. The van der Waals surface area contributed by atoms with Crippen LogP contribution in [0, 0.1) is 0 Å². The van der Waals surface area contributed by atoms with Gasteiger partial charge in [-0.15, -0.1) is 0 Å². The minimum atomic E-state index is -3.72. The second-order valence-corrected chi connectivity index (χ2v) is 6.08. The van der Waals surface area contributed by atoms with Crippen LogP contribution in [-0.2, 0) is 14.8 Å². The molecular weight excluding hydrogens is 290 g/mol.